The molecule has 1 fully saturated rings. The zero-order chi connectivity index (χ0) is 12.3. The van der Waals surface area contributed by atoms with Gasteiger partial charge in [-0.3, -0.25) is 4.79 Å². The van der Waals surface area contributed by atoms with Gasteiger partial charge in [0.05, 0.1) is 13.5 Å². The van der Waals surface area contributed by atoms with E-state index < -0.39 is 0 Å². The highest BCUT2D eigenvalue weighted by Crippen LogP contribution is 2.22. The smallest absolute Gasteiger partial charge is 0.224 e. The molecule has 3 heteroatoms. The molecule has 1 amide bonds. The minimum absolute atomic E-state index is 0.0904. The maximum atomic E-state index is 11.6. The predicted octanol–water partition coefficient (Wildman–Crippen LogP) is 2.16. The molecular formula is C14H17NO2. The van der Waals surface area contributed by atoms with Gasteiger partial charge in [0.25, 0.3) is 0 Å². The summed E-state index contributed by atoms with van der Waals surface area (Å²) in [7, 11) is 1.63. The van der Waals surface area contributed by atoms with Gasteiger partial charge in [-0.25, -0.2) is 0 Å². The van der Waals surface area contributed by atoms with E-state index in [9.17, 15) is 4.79 Å². The molecule has 0 aliphatic heterocycles. The molecule has 0 saturated heterocycles. The van der Waals surface area contributed by atoms with E-state index in [2.05, 4.69) is 11.9 Å². The van der Waals surface area contributed by atoms with Gasteiger partial charge in [-0.2, -0.15) is 0 Å². The maximum Gasteiger partial charge on any atom is 0.224 e. The van der Waals surface area contributed by atoms with Crippen LogP contribution in [0.1, 0.15) is 24.0 Å². The summed E-state index contributed by atoms with van der Waals surface area (Å²) in [6, 6.07) is 6.15. The lowest BCUT2D eigenvalue weighted by Crippen LogP contribution is -2.26. The second-order valence-electron chi connectivity index (χ2n) is 4.30. The summed E-state index contributed by atoms with van der Waals surface area (Å²) in [5.41, 5.74) is 1.91. The molecule has 0 atom stereocenters. The molecule has 1 saturated carbocycles. The third-order valence-electron chi connectivity index (χ3n) is 2.82. The summed E-state index contributed by atoms with van der Waals surface area (Å²) >= 11 is 0. The predicted molar refractivity (Wildman–Crippen MR) is 68.0 cm³/mol. The highest BCUT2D eigenvalue weighted by molar-refractivity contribution is 5.79. The van der Waals surface area contributed by atoms with Crippen molar-refractivity contribution in [3.8, 4) is 5.75 Å². The van der Waals surface area contributed by atoms with Crippen LogP contribution >= 0.6 is 0 Å². The van der Waals surface area contributed by atoms with Crippen molar-refractivity contribution in [2.45, 2.75) is 25.3 Å². The number of rotatable bonds is 5. The van der Waals surface area contributed by atoms with E-state index >= 15 is 0 Å². The Kier molecular flexibility index (Phi) is 3.47. The Hall–Kier alpha value is -1.77. The summed E-state index contributed by atoms with van der Waals surface area (Å²) in [4.78, 5) is 11.6. The van der Waals surface area contributed by atoms with E-state index in [1.54, 1.807) is 13.2 Å². The Labute approximate surface area is 101 Å². The molecule has 0 heterocycles. The van der Waals surface area contributed by atoms with E-state index in [1.165, 1.54) is 0 Å². The molecule has 2 rings (SSSR count). The van der Waals surface area contributed by atoms with Crippen molar-refractivity contribution >= 4 is 12.0 Å². The van der Waals surface area contributed by atoms with Crippen molar-refractivity contribution in [3.63, 3.8) is 0 Å². The third kappa shape index (κ3) is 3.09. The van der Waals surface area contributed by atoms with Gasteiger partial charge in [0.1, 0.15) is 5.75 Å². The van der Waals surface area contributed by atoms with Crippen molar-refractivity contribution in [2.24, 2.45) is 0 Å². The maximum absolute atomic E-state index is 11.6. The normalized spacial score (nSPS) is 14.2. The van der Waals surface area contributed by atoms with Crippen molar-refractivity contribution in [1.82, 2.24) is 5.32 Å². The average Bonchev–Trinajstić information content (AvgIpc) is 3.12. The lowest BCUT2D eigenvalue weighted by molar-refractivity contribution is -0.120. The number of hydrogen-bond donors (Lipinski definition) is 1. The summed E-state index contributed by atoms with van der Waals surface area (Å²) in [5, 5.41) is 2.97. The van der Waals surface area contributed by atoms with E-state index in [4.69, 9.17) is 4.74 Å². The number of benzene rings is 1. The lowest BCUT2D eigenvalue weighted by atomic mass is 10.1. The third-order valence-corrected chi connectivity index (χ3v) is 2.82. The molecule has 1 aromatic rings. The van der Waals surface area contributed by atoms with Gasteiger partial charge in [-0.15, -0.1) is 0 Å². The van der Waals surface area contributed by atoms with Crippen molar-refractivity contribution < 1.29 is 9.53 Å². The summed E-state index contributed by atoms with van der Waals surface area (Å²) in [6.07, 6.45) is 4.39. The molecule has 0 bridgehead atoms. The second-order valence-corrected chi connectivity index (χ2v) is 4.30. The molecule has 3 nitrogen and oxygen atoms in total. The van der Waals surface area contributed by atoms with Crippen LogP contribution in [0.15, 0.2) is 24.8 Å². The van der Waals surface area contributed by atoms with Crippen molar-refractivity contribution in [1.29, 1.82) is 0 Å². The number of nitrogens with one attached hydrogen (secondary N) is 1. The van der Waals surface area contributed by atoms with Crippen LogP contribution in [0.25, 0.3) is 6.08 Å². The van der Waals surface area contributed by atoms with Crippen LogP contribution in [0.5, 0.6) is 5.75 Å². The largest absolute Gasteiger partial charge is 0.496 e. The fourth-order valence-corrected chi connectivity index (χ4v) is 1.75. The first kappa shape index (κ1) is 11.7. The van der Waals surface area contributed by atoms with Crippen LogP contribution in [0.4, 0.5) is 0 Å². The zero-order valence-electron chi connectivity index (χ0n) is 10.0. The second kappa shape index (κ2) is 5.04. The van der Waals surface area contributed by atoms with Gasteiger partial charge >= 0.3 is 0 Å². The van der Waals surface area contributed by atoms with Crippen LogP contribution in [-0.2, 0) is 11.2 Å². The zero-order valence-corrected chi connectivity index (χ0v) is 10.0. The monoisotopic (exact) mass is 231 g/mol. The number of amides is 1. The molecule has 90 valence electrons. The number of methoxy groups -OCH3 is 1. The van der Waals surface area contributed by atoms with Crippen molar-refractivity contribution in [3.05, 3.63) is 35.9 Å². The minimum Gasteiger partial charge on any atom is -0.496 e. The molecular weight excluding hydrogens is 214 g/mol. The Morgan fingerprint density at radius 3 is 2.94 bits per heavy atom. The first-order chi connectivity index (χ1) is 8.22. The molecule has 17 heavy (non-hydrogen) atoms. The molecule has 0 spiro atoms. The number of carbonyl (C=O) groups is 1. The van der Waals surface area contributed by atoms with Crippen LogP contribution < -0.4 is 10.1 Å². The van der Waals surface area contributed by atoms with Gasteiger partial charge < -0.3 is 10.1 Å². The summed E-state index contributed by atoms with van der Waals surface area (Å²) in [6.45, 7) is 3.74. The van der Waals surface area contributed by atoms with Crippen LogP contribution in [0.3, 0.4) is 0 Å². The average molecular weight is 231 g/mol. The van der Waals surface area contributed by atoms with E-state index in [0.29, 0.717) is 12.5 Å². The standard InChI is InChI=1S/C14H17NO2/c1-3-11-8-10(4-7-13(11)17-2)9-14(16)15-12-5-6-12/h3-4,7-8,12H,1,5-6,9H2,2H3,(H,15,16). The molecule has 1 aliphatic rings. The number of ether oxygens (including phenoxy) is 1. The molecule has 0 unspecified atom stereocenters. The number of carbonyl (C=O) groups excluding carboxylic acids is 1. The first-order valence-corrected chi connectivity index (χ1v) is 5.81. The fraction of sp³-hybridized carbons (Fsp3) is 0.357. The minimum atomic E-state index is 0.0904. The fourth-order valence-electron chi connectivity index (χ4n) is 1.75. The topological polar surface area (TPSA) is 38.3 Å². The van der Waals surface area contributed by atoms with E-state index in [1.807, 2.05) is 18.2 Å². The van der Waals surface area contributed by atoms with Gasteiger partial charge in [0, 0.05) is 11.6 Å². The summed E-state index contributed by atoms with van der Waals surface area (Å²) < 4.78 is 5.20. The Morgan fingerprint density at radius 1 is 1.59 bits per heavy atom. The van der Waals surface area contributed by atoms with Gasteiger partial charge in [-0.05, 0) is 30.5 Å². The molecule has 1 aliphatic carbocycles. The molecule has 0 aromatic heterocycles. The summed E-state index contributed by atoms with van der Waals surface area (Å²) in [5.74, 6) is 0.874. The molecule has 1 aromatic carbocycles. The molecule has 0 radical (unpaired) electrons. The Bertz CT molecular complexity index is 436. The van der Waals surface area contributed by atoms with Crippen LogP contribution in [-0.4, -0.2) is 19.1 Å². The van der Waals surface area contributed by atoms with Gasteiger partial charge in [0.15, 0.2) is 0 Å². The van der Waals surface area contributed by atoms with Crippen LogP contribution in [0.2, 0.25) is 0 Å². The van der Waals surface area contributed by atoms with Crippen LogP contribution in [0, 0.1) is 0 Å². The first-order valence-electron chi connectivity index (χ1n) is 5.81. The molecule has 1 N–H and O–H groups in total. The Balaban J connectivity index is 2.04. The van der Waals surface area contributed by atoms with Gasteiger partial charge in [-0.1, -0.05) is 18.7 Å². The van der Waals surface area contributed by atoms with Crippen molar-refractivity contribution in [2.75, 3.05) is 7.11 Å². The SMILES string of the molecule is C=Cc1cc(CC(=O)NC2CC2)ccc1OC. The number of hydrogen-bond acceptors (Lipinski definition) is 2. The highest BCUT2D eigenvalue weighted by Gasteiger charge is 2.23. The van der Waals surface area contributed by atoms with Gasteiger partial charge in [0.2, 0.25) is 5.91 Å². The lowest BCUT2D eigenvalue weighted by Gasteiger charge is -2.08. The Morgan fingerprint density at radius 2 is 2.35 bits per heavy atom. The van der Waals surface area contributed by atoms with E-state index in [-0.39, 0.29) is 5.91 Å². The van der Waals surface area contributed by atoms with E-state index in [0.717, 1.165) is 29.7 Å². The highest BCUT2D eigenvalue weighted by atomic mass is 16.5. The quantitative estimate of drug-likeness (QED) is 0.843.